The molecule has 0 aromatic rings. The first-order valence-corrected chi connectivity index (χ1v) is 3.88. The van der Waals surface area contributed by atoms with Crippen molar-refractivity contribution in [3.63, 3.8) is 0 Å². The van der Waals surface area contributed by atoms with Gasteiger partial charge in [0, 0.05) is 13.0 Å². The van der Waals surface area contributed by atoms with E-state index >= 15 is 0 Å². The van der Waals surface area contributed by atoms with E-state index in [2.05, 4.69) is 5.32 Å². The van der Waals surface area contributed by atoms with Crippen molar-refractivity contribution >= 4 is 11.9 Å². The number of nitrogens with two attached hydrogens (primary N) is 1. The summed E-state index contributed by atoms with van der Waals surface area (Å²) < 4.78 is 0. The third kappa shape index (κ3) is 4.44. The predicted molar refractivity (Wildman–Crippen MR) is 44.9 cm³/mol. The van der Waals surface area contributed by atoms with E-state index in [1.54, 1.807) is 0 Å². The van der Waals surface area contributed by atoms with Gasteiger partial charge in [-0.25, -0.2) is 4.79 Å². The highest BCUT2D eigenvalue weighted by Crippen LogP contribution is 1.92. The SMILES string of the molecule is CC(N)C(=O)N[C@H](CCO)C(=O)O. The van der Waals surface area contributed by atoms with Gasteiger partial charge in [0.15, 0.2) is 0 Å². The number of aliphatic hydroxyl groups is 1. The highest BCUT2D eigenvalue weighted by molar-refractivity contribution is 5.86. The Labute approximate surface area is 75.7 Å². The van der Waals surface area contributed by atoms with Crippen LogP contribution < -0.4 is 11.1 Å². The molecule has 0 saturated carbocycles. The fourth-order valence-electron chi connectivity index (χ4n) is 0.690. The second-order valence-electron chi connectivity index (χ2n) is 2.70. The largest absolute Gasteiger partial charge is 0.480 e. The molecule has 0 saturated heterocycles. The van der Waals surface area contributed by atoms with Gasteiger partial charge in [-0.1, -0.05) is 0 Å². The van der Waals surface area contributed by atoms with Gasteiger partial charge in [-0.2, -0.15) is 0 Å². The maximum absolute atomic E-state index is 11.0. The Hall–Kier alpha value is -1.14. The Bertz CT molecular complexity index is 193. The average molecular weight is 190 g/mol. The van der Waals surface area contributed by atoms with Crippen LogP contribution in [-0.2, 0) is 9.59 Å². The van der Waals surface area contributed by atoms with Crippen LogP contribution in [0.15, 0.2) is 0 Å². The molecule has 0 aliphatic rings. The number of carbonyl (C=O) groups excluding carboxylic acids is 1. The Morgan fingerprint density at radius 3 is 2.38 bits per heavy atom. The second kappa shape index (κ2) is 5.50. The van der Waals surface area contributed by atoms with Crippen LogP contribution in [0.1, 0.15) is 13.3 Å². The van der Waals surface area contributed by atoms with E-state index in [9.17, 15) is 9.59 Å². The normalized spacial score (nSPS) is 14.7. The van der Waals surface area contributed by atoms with Gasteiger partial charge in [0.1, 0.15) is 6.04 Å². The zero-order valence-electron chi connectivity index (χ0n) is 7.36. The van der Waals surface area contributed by atoms with E-state index in [1.165, 1.54) is 6.92 Å². The quantitative estimate of drug-likeness (QED) is 0.412. The smallest absolute Gasteiger partial charge is 0.326 e. The van der Waals surface area contributed by atoms with Crippen molar-refractivity contribution in [3.05, 3.63) is 0 Å². The summed E-state index contributed by atoms with van der Waals surface area (Å²) in [7, 11) is 0. The number of nitrogens with one attached hydrogen (secondary N) is 1. The molecule has 76 valence electrons. The van der Waals surface area contributed by atoms with Crippen molar-refractivity contribution in [1.29, 1.82) is 0 Å². The van der Waals surface area contributed by atoms with Crippen LogP contribution >= 0.6 is 0 Å². The molecule has 0 aliphatic heterocycles. The van der Waals surface area contributed by atoms with Crippen LogP contribution in [0.5, 0.6) is 0 Å². The highest BCUT2D eigenvalue weighted by atomic mass is 16.4. The van der Waals surface area contributed by atoms with E-state index in [0.717, 1.165) is 0 Å². The van der Waals surface area contributed by atoms with Crippen LogP contribution in [-0.4, -0.2) is 40.8 Å². The summed E-state index contributed by atoms with van der Waals surface area (Å²) in [6.07, 6.45) is -0.0200. The maximum Gasteiger partial charge on any atom is 0.326 e. The minimum Gasteiger partial charge on any atom is -0.480 e. The van der Waals surface area contributed by atoms with Crippen LogP contribution in [0.25, 0.3) is 0 Å². The van der Waals surface area contributed by atoms with Gasteiger partial charge in [0.05, 0.1) is 6.04 Å². The second-order valence-corrected chi connectivity index (χ2v) is 2.70. The molecule has 0 fully saturated rings. The van der Waals surface area contributed by atoms with E-state index in [4.69, 9.17) is 15.9 Å². The zero-order chi connectivity index (χ0) is 10.4. The highest BCUT2D eigenvalue weighted by Gasteiger charge is 2.20. The molecule has 0 bridgehead atoms. The molecular formula is C7H14N2O4. The number of amides is 1. The fraction of sp³-hybridized carbons (Fsp3) is 0.714. The molecule has 0 rings (SSSR count). The molecule has 0 aromatic heterocycles. The Morgan fingerprint density at radius 2 is 2.08 bits per heavy atom. The summed E-state index contributed by atoms with van der Waals surface area (Å²) in [5.74, 6) is -1.72. The summed E-state index contributed by atoms with van der Waals surface area (Å²) in [5.41, 5.74) is 5.21. The fourth-order valence-corrected chi connectivity index (χ4v) is 0.690. The molecule has 5 N–H and O–H groups in total. The number of hydrogen-bond donors (Lipinski definition) is 4. The van der Waals surface area contributed by atoms with E-state index in [1.807, 2.05) is 0 Å². The van der Waals surface area contributed by atoms with Crippen molar-refractivity contribution in [2.45, 2.75) is 25.4 Å². The summed E-state index contributed by atoms with van der Waals surface area (Å²) >= 11 is 0. The van der Waals surface area contributed by atoms with Crippen LogP contribution in [0, 0.1) is 0 Å². The number of carboxylic acids is 1. The van der Waals surface area contributed by atoms with Gasteiger partial charge in [-0.15, -0.1) is 0 Å². The van der Waals surface area contributed by atoms with Crippen molar-refractivity contribution in [3.8, 4) is 0 Å². The first-order valence-electron chi connectivity index (χ1n) is 3.88. The molecule has 13 heavy (non-hydrogen) atoms. The zero-order valence-corrected chi connectivity index (χ0v) is 7.36. The standard InChI is InChI=1S/C7H14N2O4/c1-4(8)6(11)9-5(2-3-10)7(12)13/h4-5,10H,2-3,8H2,1H3,(H,9,11)(H,12,13)/t4?,5-/m1/s1. The molecule has 1 amide bonds. The molecule has 6 heteroatoms. The summed E-state index contributed by atoms with van der Waals surface area (Å²) in [5, 5.41) is 19.3. The first-order chi connectivity index (χ1) is 5.99. The topological polar surface area (TPSA) is 113 Å². The van der Waals surface area contributed by atoms with Crippen LogP contribution in [0.4, 0.5) is 0 Å². The van der Waals surface area contributed by atoms with Crippen molar-refractivity contribution in [2.24, 2.45) is 5.73 Å². The average Bonchev–Trinajstić information content (AvgIpc) is 2.03. The minimum atomic E-state index is -1.18. The molecule has 0 aromatic carbocycles. The van der Waals surface area contributed by atoms with Crippen molar-refractivity contribution in [2.75, 3.05) is 6.61 Å². The monoisotopic (exact) mass is 190 g/mol. The van der Waals surface area contributed by atoms with Gasteiger partial charge < -0.3 is 21.3 Å². The van der Waals surface area contributed by atoms with E-state index in [0.29, 0.717) is 0 Å². The molecule has 0 heterocycles. The lowest BCUT2D eigenvalue weighted by Crippen LogP contribution is -2.47. The Balaban J connectivity index is 4.10. The number of rotatable bonds is 5. The van der Waals surface area contributed by atoms with Crippen LogP contribution in [0.2, 0.25) is 0 Å². The van der Waals surface area contributed by atoms with Gasteiger partial charge in [-0.05, 0) is 6.92 Å². The predicted octanol–water partition coefficient (Wildman–Crippen LogP) is -1.71. The van der Waals surface area contributed by atoms with Gasteiger partial charge in [-0.3, -0.25) is 4.79 Å². The molecule has 6 nitrogen and oxygen atoms in total. The number of carboxylic acid groups (broad SMARTS) is 1. The van der Waals surface area contributed by atoms with E-state index < -0.39 is 24.0 Å². The summed E-state index contributed by atoms with van der Waals surface area (Å²) in [4.78, 5) is 21.4. The van der Waals surface area contributed by atoms with Gasteiger partial charge >= 0.3 is 5.97 Å². The molecular weight excluding hydrogens is 176 g/mol. The van der Waals surface area contributed by atoms with Crippen LogP contribution in [0.3, 0.4) is 0 Å². The van der Waals surface area contributed by atoms with Gasteiger partial charge in [0.25, 0.3) is 0 Å². The number of hydrogen-bond acceptors (Lipinski definition) is 4. The Morgan fingerprint density at radius 1 is 1.54 bits per heavy atom. The molecule has 2 atom stereocenters. The van der Waals surface area contributed by atoms with Gasteiger partial charge in [0.2, 0.25) is 5.91 Å². The maximum atomic E-state index is 11.0. The third-order valence-electron chi connectivity index (χ3n) is 1.45. The molecule has 1 unspecified atom stereocenters. The minimum absolute atomic E-state index is 0.0200. The van der Waals surface area contributed by atoms with E-state index in [-0.39, 0.29) is 13.0 Å². The third-order valence-corrected chi connectivity index (χ3v) is 1.45. The van der Waals surface area contributed by atoms with Crippen molar-refractivity contribution in [1.82, 2.24) is 5.32 Å². The summed E-state index contributed by atoms with van der Waals surface area (Å²) in [6, 6.07) is -1.82. The lowest BCUT2D eigenvalue weighted by Gasteiger charge is -2.14. The lowest BCUT2D eigenvalue weighted by atomic mass is 10.2. The number of aliphatic hydroxyl groups excluding tert-OH is 1. The lowest BCUT2D eigenvalue weighted by molar-refractivity contribution is -0.142. The molecule has 0 radical (unpaired) electrons. The van der Waals surface area contributed by atoms with Crippen molar-refractivity contribution < 1.29 is 19.8 Å². The molecule has 0 spiro atoms. The number of carbonyl (C=O) groups is 2. The summed E-state index contributed by atoms with van der Waals surface area (Å²) in [6.45, 7) is 1.16. The number of aliphatic carboxylic acids is 1. The molecule has 0 aliphatic carbocycles. The first kappa shape index (κ1) is 11.9. The Kier molecular flexibility index (Phi) is 5.01.